The molecule has 21 heavy (non-hydrogen) atoms. The lowest BCUT2D eigenvalue weighted by Gasteiger charge is -2.33. The lowest BCUT2D eigenvalue weighted by atomic mass is 9.93. The van der Waals surface area contributed by atoms with Crippen molar-refractivity contribution < 1.29 is 9.53 Å². The molecular formula is C17H28N2O2. The highest BCUT2D eigenvalue weighted by Gasteiger charge is 2.34. The van der Waals surface area contributed by atoms with Crippen LogP contribution in [-0.4, -0.2) is 50.2 Å². The van der Waals surface area contributed by atoms with Gasteiger partial charge in [0, 0.05) is 12.6 Å². The SMILES string of the molecule is CNC(C)(CC(C)N(C)CCc1ccccc1)C(=O)OC. The number of likely N-dealkylation sites (N-methyl/N-ethyl adjacent to an activating group) is 2. The Morgan fingerprint density at radius 2 is 2.00 bits per heavy atom. The number of hydrogen-bond acceptors (Lipinski definition) is 4. The maximum absolute atomic E-state index is 11.9. The van der Waals surface area contributed by atoms with Gasteiger partial charge in [0.1, 0.15) is 5.54 Å². The van der Waals surface area contributed by atoms with Crippen molar-refractivity contribution in [2.24, 2.45) is 0 Å². The third kappa shape index (κ3) is 5.14. The Morgan fingerprint density at radius 1 is 1.38 bits per heavy atom. The Labute approximate surface area is 128 Å². The van der Waals surface area contributed by atoms with E-state index in [2.05, 4.69) is 48.5 Å². The van der Waals surface area contributed by atoms with Crippen LogP contribution < -0.4 is 5.32 Å². The first-order valence-electron chi connectivity index (χ1n) is 7.44. The molecule has 0 saturated carbocycles. The first-order valence-corrected chi connectivity index (χ1v) is 7.44. The standard InChI is InChI=1S/C17H28N2O2/c1-14(13-17(2,18-3)16(20)21-5)19(4)12-11-15-9-7-6-8-10-15/h6-10,14,18H,11-13H2,1-5H3. The molecule has 1 N–H and O–H groups in total. The highest BCUT2D eigenvalue weighted by atomic mass is 16.5. The number of carbonyl (C=O) groups excluding carboxylic acids is 1. The zero-order valence-corrected chi connectivity index (χ0v) is 13.8. The van der Waals surface area contributed by atoms with Crippen LogP contribution in [0.2, 0.25) is 0 Å². The summed E-state index contributed by atoms with van der Waals surface area (Å²) in [4.78, 5) is 14.2. The van der Waals surface area contributed by atoms with Crippen molar-refractivity contribution >= 4 is 5.97 Å². The average Bonchev–Trinajstić information content (AvgIpc) is 2.52. The molecule has 1 rings (SSSR count). The van der Waals surface area contributed by atoms with Crippen molar-refractivity contribution in [2.75, 3.05) is 27.7 Å². The molecule has 0 bridgehead atoms. The van der Waals surface area contributed by atoms with Gasteiger partial charge >= 0.3 is 5.97 Å². The molecule has 0 aromatic heterocycles. The Balaban J connectivity index is 2.53. The van der Waals surface area contributed by atoms with Crippen molar-refractivity contribution in [2.45, 2.75) is 38.3 Å². The van der Waals surface area contributed by atoms with E-state index in [9.17, 15) is 4.79 Å². The zero-order valence-electron chi connectivity index (χ0n) is 13.8. The summed E-state index contributed by atoms with van der Waals surface area (Å²) in [5, 5.41) is 3.09. The average molecular weight is 292 g/mol. The fraction of sp³-hybridized carbons (Fsp3) is 0.588. The van der Waals surface area contributed by atoms with Crippen molar-refractivity contribution in [3.8, 4) is 0 Å². The molecule has 4 heteroatoms. The molecule has 1 aromatic carbocycles. The van der Waals surface area contributed by atoms with Crippen molar-refractivity contribution in [3.63, 3.8) is 0 Å². The van der Waals surface area contributed by atoms with E-state index in [1.807, 2.05) is 13.0 Å². The third-order valence-corrected chi connectivity index (χ3v) is 4.24. The number of esters is 1. The van der Waals surface area contributed by atoms with Gasteiger partial charge in [-0.1, -0.05) is 30.3 Å². The number of ether oxygens (including phenoxy) is 1. The van der Waals surface area contributed by atoms with Gasteiger partial charge < -0.3 is 15.0 Å². The minimum absolute atomic E-state index is 0.215. The molecule has 118 valence electrons. The molecule has 2 atom stereocenters. The van der Waals surface area contributed by atoms with Crippen LogP contribution in [0.1, 0.15) is 25.8 Å². The maximum atomic E-state index is 11.9. The summed E-state index contributed by atoms with van der Waals surface area (Å²) in [6.45, 7) is 5.00. The molecule has 0 radical (unpaired) electrons. The van der Waals surface area contributed by atoms with Gasteiger partial charge in [-0.15, -0.1) is 0 Å². The molecule has 0 amide bonds. The minimum Gasteiger partial charge on any atom is -0.468 e. The highest BCUT2D eigenvalue weighted by Crippen LogP contribution is 2.17. The number of carbonyl (C=O) groups is 1. The van der Waals surface area contributed by atoms with Crippen LogP contribution in [0.5, 0.6) is 0 Å². The van der Waals surface area contributed by atoms with Gasteiger partial charge in [0.15, 0.2) is 0 Å². The number of nitrogens with one attached hydrogen (secondary N) is 1. The Morgan fingerprint density at radius 3 is 2.52 bits per heavy atom. The van der Waals surface area contributed by atoms with Gasteiger partial charge in [-0.2, -0.15) is 0 Å². The summed E-state index contributed by atoms with van der Waals surface area (Å²) in [7, 11) is 5.33. The first kappa shape index (κ1) is 17.7. The van der Waals surface area contributed by atoms with E-state index in [1.165, 1.54) is 12.7 Å². The summed E-state index contributed by atoms with van der Waals surface area (Å²) in [5.74, 6) is -0.215. The fourth-order valence-electron chi connectivity index (χ4n) is 2.43. The van der Waals surface area contributed by atoms with Gasteiger partial charge in [0.05, 0.1) is 7.11 Å². The largest absolute Gasteiger partial charge is 0.468 e. The monoisotopic (exact) mass is 292 g/mol. The van der Waals surface area contributed by atoms with E-state index < -0.39 is 5.54 Å². The second-order valence-corrected chi connectivity index (χ2v) is 5.84. The molecule has 0 spiro atoms. The van der Waals surface area contributed by atoms with Gasteiger partial charge in [0.2, 0.25) is 0 Å². The molecule has 0 fully saturated rings. The first-order chi connectivity index (χ1) is 9.92. The quantitative estimate of drug-likeness (QED) is 0.745. The van der Waals surface area contributed by atoms with E-state index in [-0.39, 0.29) is 12.0 Å². The number of benzene rings is 1. The zero-order chi connectivity index (χ0) is 15.9. The maximum Gasteiger partial charge on any atom is 0.325 e. The van der Waals surface area contributed by atoms with E-state index in [1.54, 1.807) is 7.05 Å². The number of hydrogen-bond donors (Lipinski definition) is 1. The molecular weight excluding hydrogens is 264 g/mol. The van der Waals surface area contributed by atoms with Crippen LogP contribution in [0.15, 0.2) is 30.3 Å². The van der Waals surface area contributed by atoms with Crippen LogP contribution >= 0.6 is 0 Å². The van der Waals surface area contributed by atoms with E-state index in [4.69, 9.17) is 4.74 Å². The van der Waals surface area contributed by atoms with Crippen molar-refractivity contribution in [1.82, 2.24) is 10.2 Å². The van der Waals surface area contributed by atoms with Crippen LogP contribution in [0.25, 0.3) is 0 Å². The van der Waals surface area contributed by atoms with Gasteiger partial charge in [0.25, 0.3) is 0 Å². The van der Waals surface area contributed by atoms with Crippen molar-refractivity contribution in [1.29, 1.82) is 0 Å². The Bertz CT molecular complexity index is 436. The minimum atomic E-state index is -0.644. The van der Waals surface area contributed by atoms with Gasteiger partial charge in [-0.05, 0) is 46.3 Å². The lowest BCUT2D eigenvalue weighted by molar-refractivity contribution is -0.148. The van der Waals surface area contributed by atoms with Gasteiger partial charge in [-0.25, -0.2) is 0 Å². The Kier molecular flexibility index (Phi) is 6.85. The molecule has 0 saturated heterocycles. The summed E-state index contributed by atoms with van der Waals surface area (Å²) >= 11 is 0. The molecule has 0 heterocycles. The predicted octanol–water partition coefficient (Wildman–Crippen LogP) is 2.09. The van der Waals surface area contributed by atoms with Gasteiger partial charge in [-0.3, -0.25) is 4.79 Å². The predicted molar refractivity (Wildman–Crippen MR) is 86.3 cm³/mol. The summed E-state index contributed by atoms with van der Waals surface area (Å²) in [5.41, 5.74) is 0.690. The molecule has 0 aliphatic carbocycles. The summed E-state index contributed by atoms with van der Waals surface area (Å²) < 4.78 is 4.90. The van der Waals surface area contributed by atoms with Crippen LogP contribution in [0, 0.1) is 0 Å². The second-order valence-electron chi connectivity index (χ2n) is 5.84. The lowest BCUT2D eigenvalue weighted by Crippen LogP contribution is -2.52. The van der Waals surface area contributed by atoms with Crippen molar-refractivity contribution in [3.05, 3.63) is 35.9 Å². The molecule has 1 aromatic rings. The topological polar surface area (TPSA) is 41.6 Å². The second kappa shape index (κ2) is 8.15. The number of rotatable bonds is 8. The van der Waals surface area contributed by atoms with Crippen LogP contribution in [0.3, 0.4) is 0 Å². The van der Waals surface area contributed by atoms with E-state index in [0.29, 0.717) is 6.42 Å². The fourth-order valence-corrected chi connectivity index (χ4v) is 2.43. The smallest absolute Gasteiger partial charge is 0.325 e. The summed E-state index contributed by atoms with van der Waals surface area (Å²) in [6, 6.07) is 10.7. The highest BCUT2D eigenvalue weighted by molar-refractivity contribution is 5.80. The van der Waals surface area contributed by atoms with E-state index >= 15 is 0 Å². The molecule has 0 aliphatic heterocycles. The molecule has 0 aliphatic rings. The van der Waals surface area contributed by atoms with E-state index in [0.717, 1.165) is 13.0 Å². The molecule has 2 unspecified atom stereocenters. The molecule has 4 nitrogen and oxygen atoms in total. The number of nitrogens with zero attached hydrogens (tertiary/aromatic N) is 1. The number of methoxy groups -OCH3 is 1. The third-order valence-electron chi connectivity index (χ3n) is 4.24. The van der Waals surface area contributed by atoms with Crippen LogP contribution in [-0.2, 0) is 16.0 Å². The van der Waals surface area contributed by atoms with Crippen LogP contribution in [0.4, 0.5) is 0 Å². The summed E-state index contributed by atoms with van der Waals surface area (Å²) in [6.07, 6.45) is 1.72. The Hall–Kier alpha value is -1.39. The normalized spacial score (nSPS) is 15.5.